The molecule has 18 heavy (non-hydrogen) atoms. The maximum absolute atomic E-state index is 12.0. The smallest absolute Gasteiger partial charge is 0.247 e. The van der Waals surface area contributed by atoms with Crippen molar-refractivity contribution >= 4 is 11.8 Å². The van der Waals surface area contributed by atoms with Crippen LogP contribution in [-0.2, 0) is 9.59 Å². The first-order valence-electron chi connectivity index (χ1n) is 5.94. The molecule has 4 nitrogen and oxygen atoms in total. The maximum atomic E-state index is 12.0. The van der Waals surface area contributed by atoms with E-state index in [9.17, 15) is 9.59 Å². The monoisotopic (exact) mass is 246 g/mol. The molecule has 0 saturated carbocycles. The Bertz CT molecular complexity index is 415. The van der Waals surface area contributed by atoms with Crippen molar-refractivity contribution < 1.29 is 9.59 Å². The fourth-order valence-electron chi connectivity index (χ4n) is 1.50. The number of hydrogen-bond acceptors (Lipinski definition) is 2. The summed E-state index contributed by atoms with van der Waals surface area (Å²) in [6.07, 6.45) is 2.01. The lowest BCUT2D eigenvalue weighted by Crippen LogP contribution is -2.40. The molecule has 1 rings (SSSR count). The van der Waals surface area contributed by atoms with Gasteiger partial charge in [-0.15, -0.1) is 0 Å². The first kappa shape index (κ1) is 14.0. The molecule has 2 amide bonds. The average molecular weight is 246 g/mol. The molecule has 0 bridgehead atoms. The fourth-order valence-corrected chi connectivity index (χ4v) is 1.50. The van der Waals surface area contributed by atoms with Gasteiger partial charge in [-0.2, -0.15) is 0 Å². The molecule has 0 unspecified atom stereocenters. The van der Waals surface area contributed by atoms with E-state index in [1.165, 1.54) is 0 Å². The van der Waals surface area contributed by atoms with Crippen molar-refractivity contribution in [3.8, 4) is 0 Å². The summed E-state index contributed by atoms with van der Waals surface area (Å²) < 4.78 is 0. The molecular weight excluding hydrogens is 228 g/mol. The second-order valence-electron chi connectivity index (χ2n) is 3.85. The molecule has 1 aromatic rings. The molecule has 0 aliphatic heterocycles. The summed E-state index contributed by atoms with van der Waals surface area (Å²) in [6.45, 7) is 5.95. The third kappa shape index (κ3) is 4.05. The lowest BCUT2D eigenvalue weighted by atomic mass is 10.1. The van der Waals surface area contributed by atoms with Crippen molar-refractivity contribution in [1.29, 1.82) is 0 Å². The normalized spacial score (nSPS) is 11.4. The van der Waals surface area contributed by atoms with Crippen LogP contribution in [0.25, 0.3) is 0 Å². The highest BCUT2D eigenvalue weighted by Gasteiger charge is 2.20. The minimum absolute atomic E-state index is 0.210. The molecule has 0 radical (unpaired) electrons. The topological polar surface area (TPSA) is 58.2 Å². The standard InChI is InChI=1S/C14H18N2O2/c1-3-10-15-14(18)13(16-12(17)4-2)11-8-6-5-7-9-11/h4-9,13H,2-3,10H2,1H3,(H,15,18)(H,16,17)/t13-/m1/s1. The van der Waals surface area contributed by atoms with Crippen LogP contribution in [0.5, 0.6) is 0 Å². The Morgan fingerprint density at radius 1 is 1.33 bits per heavy atom. The van der Waals surface area contributed by atoms with Gasteiger partial charge < -0.3 is 10.6 Å². The van der Waals surface area contributed by atoms with Crippen molar-refractivity contribution in [2.45, 2.75) is 19.4 Å². The van der Waals surface area contributed by atoms with Crippen molar-refractivity contribution in [1.82, 2.24) is 10.6 Å². The average Bonchev–Trinajstić information content (AvgIpc) is 2.42. The Morgan fingerprint density at radius 2 is 2.00 bits per heavy atom. The van der Waals surface area contributed by atoms with Crippen LogP contribution >= 0.6 is 0 Å². The van der Waals surface area contributed by atoms with Crippen molar-refractivity contribution in [2.75, 3.05) is 6.54 Å². The van der Waals surface area contributed by atoms with E-state index in [0.717, 1.165) is 18.1 Å². The molecule has 0 fully saturated rings. The molecule has 0 aliphatic carbocycles. The zero-order valence-electron chi connectivity index (χ0n) is 10.5. The number of carbonyl (C=O) groups is 2. The molecule has 0 heterocycles. The molecule has 4 heteroatoms. The van der Waals surface area contributed by atoms with E-state index in [1.54, 1.807) is 12.1 Å². The van der Waals surface area contributed by atoms with Crippen LogP contribution < -0.4 is 10.6 Å². The zero-order valence-corrected chi connectivity index (χ0v) is 10.5. The Hall–Kier alpha value is -2.10. The van der Waals surface area contributed by atoms with Gasteiger partial charge in [-0.1, -0.05) is 43.8 Å². The molecular formula is C14H18N2O2. The Kier molecular flexibility index (Phi) is 5.64. The summed E-state index contributed by atoms with van der Waals surface area (Å²) in [6, 6.07) is 8.45. The highest BCUT2D eigenvalue weighted by Crippen LogP contribution is 2.12. The second-order valence-corrected chi connectivity index (χ2v) is 3.85. The third-order valence-electron chi connectivity index (χ3n) is 2.42. The molecule has 2 N–H and O–H groups in total. The molecule has 0 aromatic heterocycles. The van der Waals surface area contributed by atoms with Crippen molar-refractivity contribution in [3.63, 3.8) is 0 Å². The predicted molar refractivity (Wildman–Crippen MR) is 70.8 cm³/mol. The minimum atomic E-state index is -0.678. The summed E-state index contributed by atoms with van der Waals surface area (Å²) >= 11 is 0. The van der Waals surface area contributed by atoms with Crippen LogP contribution in [0, 0.1) is 0 Å². The number of amides is 2. The minimum Gasteiger partial charge on any atom is -0.354 e. The molecule has 0 saturated heterocycles. The third-order valence-corrected chi connectivity index (χ3v) is 2.42. The van der Waals surface area contributed by atoms with Crippen LogP contribution in [0.2, 0.25) is 0 Å². The molecule has 0 spiro atoms. The number of carbonyl (C=O) groups excluding carboxylic acids is 2. The van der Waals surface area contributed by atoms with Gasteiger partial charge in [-0.05, 0) is 18.1 Å². The molecule has 0 aliphatic rings. The molecule has 1 aromatic carbocycles. The molecule has 96 valence electrons. The first-order chi connectivity index (χ1) is 8.69. The highest BCUT2D eigenvalue weighted by atomic mass is 16.2. The van der Waals surface area contributed by atoms with Gasteiger partial charge in [0.05, 0.1) is 0 Å². The zero-order chi connectivity index (χ0) is 13.4. The van der Waals surface area contributed by atoms with Gasteiger partial charge in [0.1, 0.15) is 6.04 Å². The van der Waals surface area contributed by atoms with E-state index in [1.807, 2.05) is 25.1 Å². The number of rotatable bonds is 6. The van der Waals surface area contributed by atoms with E-state index in [2.05, 4.69) is 17.2 Å². The summed E-state index contributed by atoms with van der Waals surface area (Å²) in [5.74, 6) is -0.575. The van der Waals surface area contributed by atoms with Crippen LogP contribution in [0.3, 0.4) is 0 Å². The highest BCUT2D eigenvalue weighted by molar-refractivity contribution is 5.93. The van der Waals surface area contributed by atoms with Crippen molar-refractivity contribution in [2.24, 2.45) is 0 Å². The maximum Gasteiger partial charge on any atom is 0.247 e. The van der Waals surface area contributed by atoms with Gasteiger partial charge in [-0.3, -0.25) is 9.59 Å². The summed E-state index contributed by atoms with van der Waals surface area (Å²) in [5, 5.41) is 5.40. The van der Waals surface area contributed by atoms with Crippen LogP contribution in [0.4, 0.5) is 0 Å². The fraction of sp³-hybridized carbons (Fsp3) is 0.286. The van der Waals surface area contributed by atoms with Gasteiger partial charge in [0.25, 0.3) is 0 Å². The Morgan fingerprint density at radius 3 is 2.56 bits per heavy atom. The number of benzene rings is 1. The lowest BCUT2D eigenvalue weighted by Gasteiger charge is -2.17. The summed E-state index contributed by atoms with van der Waals surface area (Å²) in [5.41, 5.74) is 0.751. The van der Waals surface area contributed by atoms with Crippen LogP contribution in [0.1, 0.15) is 24.9 Å². The van der Waals surface area contributed by atoms with Gasteiger partial charge >= 0.3 is 0 Å². The Labute approximate surface area is 107 Å². The largest absolute Gasteiger partial charge is 0.354 e. The van der Waals surface area contributed by atoms with Crippen molar-refractivity contribution in [3.05, 3.63) is 48.6 Å². The number of hydrogen-bond donors (Lipinski definition) is 2. The van der Waals surface area contributed by atoms with Gasteiger partial charge in [0.15, 0.2) is 0 Å². The predicted octanol–water partition coefficient (Wildman–Crippen LogP) is 1.56. The Balaban J connectivity index is 2.84. The first-order valence-corrected chi connectivity index (χ1v) is 5.94. The van der Waals surface area contributed by atoms with Crippen LogP contribution in [0.15, 0.2) is 43.0 Å². The van der Waals surface area contributed by atoms with E-state index in [-0.39, 0.29) is 11.8 Å². The second kappa shape index (κ2) is 7.27. The lowest BCUT2D eigenvalue weighted by molar-refractivity contribution is -0.127. The summed E-state index contributed by atoms with van der Waals surface area (Å²) in [4.78, 5) is 23.4. The van der Waals surface area contributed by atoms with Gasteiger partial charge in [-0.25, -0.2) is 0 Å². The SMILES string of the molecule is C=CC(=O)N[C@@H](C(=O)NCCC)c1ccccc1. The van der Waals surface area contributed by atoms with E-state index in [4.69, 9.17) is 0 Å². The summed E-state index contributed by atoms with van der Waals surface area (Å²) in [7, 11) is 0. The quantitative estimate of drug-likeness (QED) is 0.748. The van der Waals surface area contributed by atoms with Gasteiger partial charge in [0.2, 0.25) is 11.8 Å². The van der Waals surface area contributed by atoms with E-state index >= 15 is 0 Å². The molecule has 1 atom stereocenters. The van der Waals surface area contributed by atoms with Crippen LogP contribution in [-0.4, -0.2) is 18.4 Å². The van der Waals surface area contributed by atoms with E-state index in [0.29, 0.717) is 6.54 Å². The van der Waals surface area contributed by atoms with Gasteiger partial charge in [0, 0.05) is 6.54 Å². The van der Waals surface area contributed by atoms with E-state index < -0.39 is 6.04 Å². The number of nitrogens with one attached hydrogen (secondary N) is 2.